The van der Waals surface area contributed by atoms with Gasteiger partial charge < -0.3 is 5.32 Å². The van der Waals surface area contributed by atoms with Crippen LogP contribution in [0, 0.1) is 5.82 Å². The lowest BCUT2D eigenvalue weighted by molar-refractivity contribution is -0.115. The van der Waals surface area contributed by atoms with Gasteiger partial charge in [0, 0.05) is 5.69 Å². The first-order valence-electron chi connectivity index (χ1n) is 8.36. The molecule has 0 aliphatic carbocycles. The number of para-hydroxylation sites is 1. The van der Waals surface area contributed by atoms with Gasteiger partial charge in [0.25, 0.3) is 10.0 Å². The van der Waals surface area contributed by atoms with Gasteiger partial charge in [0.15, 0.2) is 0 Å². The number of anilines is 2. The molecule has 29 heavy (non-hydrogen) atoms. The van der Waals surface area contributed by atoms with Gasteiger partial charge in [-0.3, -0.25) is 9.52 Å². The number of benzene rings is 3. The second kappa shape index (κ2) is 8.94. The van der Waals surface area contributed by atoms with Crippen LogP contribution >= 0.6 is 27.5 Å². The van der Waals surface area contributed by atoms with Gasteiger partial charge in [-0.2, -0.15) is 0 Å². The monoisotopic (exact) mass is 496 g/mol. The molecular formula is C20H15BrClFN2O3S. The van der Waals surface area contributed by atoms with Gasteiger partial charge in [-0.1, -0.05) is 35.9 Å². The minimum Gasteiger partial charge on any atom is -0.326 e. The number of sulfonamides is 1. The summed E-state index contributed by atoms with van der Waals surface area (Å²) >= 11 is 9.08. The molecule has 0 bridgehead atoms. The van der Waals surface area contributed by atoms with Crippen molar-refractivity contribution in [3.8, 4) is 0 Å². The summed E-state index contributed by atoms with van der Waals surface area (Å²) in [4.78, 5) is 12.2. The number of halogens is 3. The summed E-state index contributed by atoms with van der Waals surface area (Å²) in [5, 5.41) is 2.92. The van der Waals surface area contributed by atoms with Gasteiger partial charge in [0.2, 0.25) is 5.91 Å². The molecule has 3 aromatic carbocycles. The third-order valence-corrected chi connectivity index (χ3v) is 6.20. The fourth-order valence-corrected chi connectivity index (χ4v) is 4.32. The second-order valence-electron chi connectivity index (χ2n) is 6.09. The minimum absolute atomic E-state index is 0.00767. The average Bonchev–Trinajstić information content (AvgIpc) is 2.66. The summed E-state index contributed by atoms with van der Waals surface area (Å²) in [7, 11) is -3.90. The zero-order valence-corrected chi connectivity index (χ0v) is 18.0. The number of hydrogen-bond donors (Lipinski definition) is 2. The molecule has 0 atom stereocenters. The SMILES string of the molecule is O=C(Cc1ccc(F)c(Br)c1)Nc1cccc(S(=O)(=O)Nc2ccccc2Cl)c1. The zero-order valence-electron chi connectivity index (χ0n) is 14.8. The Bertz CT molecular complexity index is 1170. The average molecular weight is 498 g/mol. The lowest BCUT2D eigenvalue weighted by Crippen LogP contribution is -2.16. The van der Waals surface area contributed by atoms with Crippen molar-refractivity contribution in [2.24, 2.45) is 0 Å². The van der Waals surface area contributed by atoms with Crippen LogP contribution in [-0.4, -0.2) is 14.3 Å². The zero-order chi connectivity index (χ0) is 21.0. The highest BCUT2D eigenvalue weighted by Crippen LogP contribution is 2.25. The lowest BCUT2D eigenvalue weighted by atomic mass is 10.1. The Morgan fingerprint density at radius 3 is 2.52 bits per heavy atom. The van der Waals surface area contributed by atoms with Crippen molar-refractivity contribution in [2.75, 3.05) is 10.0 Å². The Morgan fingerprint density at radius 2 is 1.79 bits per heavy atom. The summed E-state index contributed by atoms with van der Waals surface area (Å²) < 4.78 is 41.2. The van der Waals surface area contributed by atoms with Gasteiger partial charge in [0.05, 0.1) is 26.5 Å². The Morgan fingerprint density at radius 1 is 1.03 bits per heavy atom. The van der Waals surface area contributed by atoms with Crippen molar-refractivity contribution in [3.63, 3.8) is 0 Å². The fraction of sp³-hybridized carbons (Fsp3) is 0.0500. The molecular weight excluding hydrogens is 483 g/mol. The van der Waals surface area contributed by atoms with Crippen LogP contribution in [0.3, 0.4) is 0 Å². The maximum Gasteiger partial charge on any atom is 0.262 e. The van der Waals surface area contributed by atoms with Crippen LogP contribution in [0.1, 0.15) is 5.56 Å². The summed E-state index contributed by atoms with van der Waals surface area (Å²) in [6.07, 6.45) is 0.00767. The molecule has 0 aliphatic rings. The first-order chi connectivity index (χ1) is 13.7. The van der Waals surface area contributed by atoms with E-state index in [9.17, 15) is 17.6 Å². The highest BCUT2D eigenvalue weighted by atomic mass is 79.9. The molecule has 2 N–H and O–H groups in total. The van der Waals surface area contributed by atoms with Crippen molar-refractivity contribution in [1.82, 2.24) is 0 Å². The van der Waals surface area contributed by atoms with Gasteiger partial charge in [-0.25, -0.2) is 12.8 Å². The Balaban J connectivity index is 1.74. The standard InChI is InChI=1S/C20H15BrClFN2O3S/c21-16-10-13(8-9-18(16)23)11-20(26)24-14-4-3-5-15(12-14)29(27,28)25-19-7-2-1-6-17(19)22/h1-10,12,25H,11H2,(H,24,26). The smallest absolute Gasteiger partial charge is 0.262 e. The van der Waals surface area contributed by atoms with Gasteiger partial charge in [-0.15, -0.1) is 0 Å². The van der Waals surface area contributed by atoms with Crippen LogP contribution in [0.5, 0.6) is 0 Å². The molecule has 150 valence electrons. The molecule has 3 aromatic rings. The van der Waals surface area contributed by atoms with Crippen molar-refractivity contribution >= 4 is 54.8 Å². The number of carbonyl (C=O) groups is 1. The molecule has 0 radical (unpaired) electrons. The molecule has 0 saturated carbocycles. The number of carbonyl (C=O) groups excluding carboxylic acids is 1. The minimum atomic E-state index is -3.90. The Hall–Kier alpha value is -2.42. The normalized spacial score (nSPS) is 11.1. The molecule has 0 fully saturated rings. The van der Waals surface area contributed by atoms with E-state index in [1.165, 1.54) is 36.4 Å². The number of hydrogen-bond acceptors (Lipinski definition) is 3. The summed E-state index contributed by atoms with van der Waals surface area (Å²) in [6.45, 7) is 0. The van der Waals surface area contributed by atoms with Crippen molar-refractivity contribution in [3.05, 3.63) is 87.6 Å². The van der Waals surface area contributed by atoms with Gasteiger partial charge in [-0.05, 0) is 64.0 Å². The molecule has 0 saturated heterocycles. The van der Waals surface area contributed by atoms with E-state index in [2.05, 4.69) is 26.0 Å². The molecule has 5 nitrogen and oxygen atoms in total. The maximum absolute atomic E-state index is 13.3. The molecule has 0 heterocycles. The predicted octanol–water partition coefficient (Wildman–Crippen LogP) is 5.22. The van der Waals surface area contributed by atoms with E-state index in [4.69, 9.17) is 11.6 Å². The van der Waals surface area contributed by atoms with Gasteiger partial charge in [0.1, 0.15) is 5.82 Å². The van der Waals surface area contributed by atoms with E-state index in [0.717, 1.165) is 0 Å². The van der Waals surface area contributed by atoms with E-state index in [1.54, 1.807) is 30.3 Å². The van der Waals surface area contributed by atoms with Crippen molar-refractivity contribution < 1.29 is 17.6 Å². The molecule has 1 amide bonds. The molecule has 0 unspecified atom stereocenters. The summed E-state index contributed by atoms with van der Waals surface area (Å²) in [5.74, 6) is -0.782. The van der Waals surface area contributed by atoms with Crippen LogP contribution in [0.15, 0.2) is 76.1 Å². The quantitative estimate of drug-likeness (QED) is 0.490. The van der Waals surface area contributed by atoms with E-state index in [-0.39, 0.29) is 32.4 Å². The maximum atomic E-state index is 13.3. The second-order valence-corrected chi connectivity index (χ2v) is 9.03. The van der Waals surface area contributed by atoms with Crippen LogP contribution in [0.4, 0.5) is 15.8 Å². The Kier molecular flexibility index (Phi) is 6.56. The van der Waals surface area contributed by atoms with E-state index in [0.29, 0.717) is 11.3 Å². The largest absolute Gasteiger partial charge is 0.326 e. The third-order valence-electron chi connectivity index (χ3n) is 3.89. The van der Waals surface area contributed by atoms with E-state index < -0.39 is 15.8 Å². The highest BCUT2D eigenvalue weighted by molar-refractivity contribution is 9.10. The molecule has 3 rings (SSSR count). The summed E-state index contributed by atoms with van der Waals surface area (Å²) in [5.41, 5.74) is 1.18. The molecule has 0 aliphatic heterocycles. The molecule has 0 aromatic heterocycles. The van der Waals surface area contributed by atoms with Crippen LogP contribution < -0.4 is 10.0 Å². The molecule has 0 spiro atoms. The number of nitrogens with one attached hydrogen (secondary N) is 2. The Labute approximate surface area is 181 Å². The van der Waals surface area contributed by atoms with E-state index >= 15 is 0 Å². The predicted molar refractivity (Wildman–Crippen MR) is 115 cm³/mol. The van der Waals surface area contributed by atoms with Crippen LogP contribution in [0.2, 0.25) is 5.02 Å². The van der Waals surface area contributed by atoms with E-state index in [1.807, 2.05) is 0 Å². The fourth-order valence-electron chi connectivity index (χ4n) is 2.53. The van der Waals surface area contributed by atoms with Crippen LogP contribution in [0.25, 0.3) is 0 Å². The third kappa shape index (κ3) is 5.56. The number of rotatable bonds is 6. The van der Waals surface area contributed by atoms with Gasteiger partial charge >= 0.3 is 0 Å². The topological polar surface area (TPSA) is 75.3 Å². The number of amides is 1. The summed E-state index contributed by atoms with van der Waals surface area (Å²) in [6, 6.07) is 16.6. The first-order valence-corrected chi connectivity index (χ1v) is 11.0. The van der Waals surface area contributed by atoms with Crippen molar-refractivity contribution in [1.29, 1.82) is 0 Å². The molecule has 9 heteroatoms. The lowest BCUT2D eigenvalue weighted by Gasteiger charge is -2.11. The van der Waals surface area contributed by atoms with Crippen molar-refractivity contribution in [2.45, 2.75) is 11.3 Å². The first kappa shape index (κ1) is 21.3. The highest BCUT2D eigenvalue weighted by Gasteiger charge is 2.16. The van der Waals surface area contributed by atoms with Crippen LogP contribution in [-0.2, 0) is 21.2 Å².